The fourth-order valence-corrected chi connectivity index (χ4v) is 3.73. The Hall–Kier alpha value is -2.57. The molecule has 152 valence electrons. The molecule has 1 aliphatic carbocycles. The number of fused-ring (bicyclic) bond motifs is 1. The maximum Gasteiger partial charge on any atom is 0.221 e. The number of guanidine groups is 1. The third-order valence-electron chi connectivity index (χ3n) is 5.25. The van der Waals surface area contributed by atoms with E-state index in [1.54, 1.807) is 19.2 Å². The zero-order valence-electron chi connectivity index (χ0n) is 16.5. The van der Waals surface area contributed by atoms with Gasteiger partial charge in [-0.1, -0.05) is 19.3 Å². The van der Waals surface area contributed by atoms with E-state index in [0.717, 1.165) is 35.7 Å². The number of nitrogens with one attached hydrogen (secondary N) is 4. The third-order valence-corrected chi connectivity index (χ3v) is 5.25. The SMILES string of the molecule is CN=C(NCCC(=O)NC1CCCCC1)NCCc1c[nH]c2ccc(F)cc12. The standard InChI is InChI=1S/C21H30FN5O/c1-23-21(25-12-10-20(28)27-17-5-3-2-4-6-17)24-11-9-15-14-26-19-8-7-16(22)13-18(15)19/h7-8,13-14,17,26H,2-6,9-12H2,1H3,(H,27,28)(H2,23,24,25). The van der Waals surface area contributed by atoms with E-state index in [1.165, 1.54) is 25.3 Å². The molecule has 0 unspecified atom stereocenters. The number of hydrogen-bond donors (Lipinski definition) is 4. The lowest BCUT2D eigenvalue weighted by atomic mass is 9.95. The average Bonchev–Trinajstić information content (AvgIpc) is 3.09. The first-order chi connectivity index (χ1) is 13.7. The number of aliphatic imine (C=N–C) groups is 1. The number of amides is 1. The van der Waals surface area contributed by atoms with Crippen LogP contribution < -0.4 is 16.0 Å². The molecule has 0 aliphatic heterocycles. The van der Waals surface area contributed by atoms with Crippen molar-refractivity contribution >= 4 is 22.8 Å². The fourth-order valence-electron chi connectivity index (χ4n) is 3.73. The summed E-state index contributed by atoms with van der Waals surface area (Å²) in [6, 6.07) is 5.11. The van der Waals surface area contributed by atoms with Crippen LogP contribution in [0.3, 0.4) is 0 Å². The topological polar surface area (TPSA) is 81.3 Å². The van der Waals surface area contributed by atoms with E-state index >= 15 is 0 Å². The minimum absolute atomic E-state index is 0.0932. The van der Waals surface area contributed by atoms with Gasteiger partial charge in [0.1, 0.15) is 5.82 Å². The Morgan fingerprint density at radius 1 is 1.21 bits per heavy atom. The van der Waals surface area contributed by atoms with Crippen molar-refractivity contribution in [2.24, 2.45) is 4.99 Å². The normalized spacial score (nSPS) is 15.6. The number of aromatic nitrogens is 1. The monoisotopic (exact) mass is 387 g/mol. The van der Waals surface area contributed by atoms with E-state index in [9.17, 15) is 9.18 Å². The largest absolute Gasteiger partial charge is 0.361 e. The second-order valence-corrected chi connectivity index (χ2v) is 7.33. The molecule has 6 nitrogen and oxygen atoms in total. The van der Waals surface area contributed by atoms with E-state index in [1.807, 2.05) is 6.20 Å². The Labute approximate surface area is 165 Å². The zero-order chi connectivity index (χ0) is 19.8. The van der Waals surface area contributed by atoms with Crippen LogP contribution in [0.2, 0.25) is 0 Å². The maximum absolute atomic E-state index is 13.5. The molecule has 3 rings (SSSR count). The molecule has 1 saturated carbocycles. The van der Waals surface area contributed by atoms with Gasteiger partial charge < -0.3 is 20.9 Å². The third kappa shape index (κ3) is 5.71. The van der Waals surface area contributed by atoms with Crippen LogP contribution in [0.5, 0.6) is 0 Å². The summed E-state index contributed by atoms with van der Waals surface area (Å²) in [6.45, 7) is 1.20. The minimum Gasteiger partial charge on any atom is -0.361 e. The second-order valence-electron chi connectivity index (χ2n) is 7.33. The molecule has 28 heavy (non-hydrogen) atoms. The van der Waals surface area contributed by atoms with Crippen molar-refractivity contribution in [1.29, 1.82) is 0 Å². The van der Waals surface area contributed by atoms with Crippen LogP contribution in [-0.2, 0) is 11.2 Å². The zero-order valence-corrected chi connectivity index (χ0v) is 16.5. The molecule has 0 bridgehead atoms. The van der Waals surface area contributed by atoms with Gasteiger partial charge in [-0.15, -0.1) is 0 Å². The van der Waals surface area contributed by atoms with E-state index in [4.69, 9.17) is 0 Å². The fraction of sp³-hybridized carbons (Fsp3) is 0.524. The van der Waals surface area contributed by atoms with Gasteiger partial charge >= 0.3 is 0 Å². The quantitative estimate of drug-likeness (QED) is 0.436. The molecule has 0 saturated heterocycles. The van der Waals surface area contributed by atoms with Crippen LogP contribution in [0.4, 0.5) is 4.39 Å². The minimum atomic E-state index is -0.231. The van der Waals surface area contributed by atoms with Gasteiger partial charge in [0.2, 0.25) is 5.91 Å². The Morgan fingerprint density at radius 3 is 2.79 bits per heavy atom. The van der Waals surface area contributed by atoms with Gasteiger partial charge in [0.05, 0.1) is 0 Å². The van der Waals surface area contributed by atoms with Crippen LogP contribution in [0.1, 0.15) is 44.1 Å². The lowest BCUT2D eigenvalue weighted by Crippen LogP contribution is -2.41. The summed E-state index contributed by atoms with van der Waals surface area (Å²) in [5.74, 6) is 0.525. The molecule has 1 aromatic carbocycles. The van der Waals surface area contributed by atoms with Gasteiger partial charge in [0.15, 0.2) is 5.96 Å². The molecule has 1 fully saturated rings. The van der Waals surface area contributed by atoms with Gasteiger partial charge in [-0.3, -0.25) is 9.79 Å². The van der Waals surface area contributed by atoms with Crippen LogP contribution >= 0.6 is 0 Å². The molecule has 0 radical (unpaired) electrons. The highest BCUT2D eigenvalue weighted by atomic mass is 19.1. The number of carbonyl (C=O) groups excluding carboxylic acids is 1. The number of carbonyl (C=O) groups is 1. The molecule has 1 amide bonds. The number of nitrogens with zero attached hydrogens (tertiary/aromatic N) is 1. The molecular formula is C21H30FN5O. The van der Waals surface area contributed by atoms with Crippen LogP contribution in [0.25, 0.3) is 10.9 Å². The van der Waals surface area contributed by atoms with Crippen molar-refractivity contribution in [2.45, 2.75) is 51.0 Å². The van der Waals surface area contributed by atoms with Crippen molar-refractivity contribution in [3.63, 3.8) is 0 Å². The molecule has 7 heteroatoms. The Balaban J connectivity index is 1.37. The number of aromatic amines is 1. The smallest absolute Gasteiger partial charge is 0.221 e. The van der Waals surface area contributed by atoms with Gasteiger partial charge in [-0.25, -0.2) is 4.39 Å². The number of rotatable bonds is 7. The van der Waals surface area contributed by atoms with Gasteiger partial charge in [0, 0.05) is 49.7 Å². The molecule has 1 heterocycles. The van der Waals surface area contributed by atoms with Crippen LogP contribution in [-0.4, -0.2) is 43.0 Å². The molecule has 0 spiro atoms. The number of hydrogen-bond acceptors (Lipinski definition) is 2. The molecular weight excluding hydrogens is 357 g/mol. The summed E-state index contributed by atoms with van der Waals surface area (Å²) in [4.78, 5) is 19.4. The molecule has 1 aromatic heterocycles. The first-order valence-electron chi connectivity index (χ1n) is 10.1. The summed E-state index contributed by atoms with van der Waals surface area (Å²) in [7, 11) is 1.71. The Morgan fingerprint density at radius 2 is 2.00 bits per heavy atom. The highest BCUT2D eigenvalue weighted by Crippen LogP contribution is 2.19. The van der Waals surface area contributed by atoms with Crippen molar-refractivity contribution < 1.29 is 9.18 Å². The van der Waals surface area contributed by atoms with E-state index in [2.05, 4.69) is 25.9 Å². The second kappa shape index (κ2) is 10.1. The summed E-state index contributed by atoms with van der Waals surface area (Å²) >= 11 is 0. The Bertz CT molecular complexity index is 810. The number of benzene rings is 1. The lowest BCUT2D eigenvalue weighted by molar-refractivity contribution is -0.121. The summed E-state index contributed by atoms with van der Waals surface area (Å²) in [6.07, 6.45) is 8.98. The van der Waals surface area contributed by atoms with Crippen molar-refractivity contribution in [2.75, 3.05) is 20.1 Å². The predicted octanol–water partition coefficient (Wildman–Crippen LogP) is 2.85. The van der Waals surface area contributed by atoms with E-state index in [-0.39, 0.29) is 11.7 Å². The molecule has 2 aromatic rings. The first kappa shape index (κ1) is 20.2. The lowest BCUT2D eigenvalue weighted by Gasteiger charge is -2.22. The summed E-state index contributed by atoms with van der Waals surface area (Å²) in [5, 5.41) is 10.4. The maximum atomic E-state index is 13.5. The molecule has 4 N–H and O–H groups in total. The number of halogens is 1. The van der Waals surface area contributed by atoms with Crippen molar-refractivity contribution in [1.82, 2.24) is 20.9 Å². The van der Waals surface area contributed by atoms with Gasteiger partial charge in [-0.05, 0) is 43.0 Å². The van der Waals surface area contributed by atoms with E-state index < -0.39 is 0 Å². The van der Waals surface area contributed by atoms with Gasteiger partial charge in [-0.2, -0.15) is 0 Å². The van der Waals surface area contributed by atoms with Crippen LogP contribution in [0, 0.1) is 5.82 Å². The summed E-state index contributed by atoms with van der Waals surface area (Å²) in [5.41, 5.74) is 1.99. The Kier molecular flexibility index (Phi) is 7.28. The molecule has 1 aliphatic rings. The van der Waals surface area contributed by atoms with Crippen LogP contribution in [0.15, 0.2) is 29.4 Å². The average molecular weight is 388 g/mol. The highest BCUT2D eigenvalue weighted by Gasteiger charge is 2.15. The van der Waals surface area contributed by atoms with Crippen molar-refractivity contribution in [3.05, 3.63) is 35.8 Å². The first-order valence-corrected chi connectivity index (χ1v) is 10.1. The molecule has 0 atom stereocenters. The van der Waals surface area contributed by atoms with Crippen molar-refractivity contribution in [3.8, 4) is 0 Å². The number of H-pyrrole nitrogens is 1. The summed E-state index contributed by atoms with van der Waals surface area (Å²) < 4.78 is 13.5. The highest BCUT2D eigenvalue weighted by molar-refractivity contribution is 5.84. The van der Waals surface area contributed by atoms with E-state index in [0.29, 0.717) is 31.5 Å². The predicted molar refractivity (Wildman–Crippen MR) is 111 cm³/mol. The van der Waals surface area contributed by atoms with Gasteiger partial charge in [0.25, 0.3) is 0 Å².